The zero-order chi connectivity index (χ0) is 13.1. The molecule has 1 atom stereocenters. The zero-order valence-electron chi connectivity index (χ0n) is 10.8. The monoisotopic (exact) mass is 246 g/mol. The van der Waals surface area contributed by atoms with E-state index in [-0.39, 0.29) is 6.10 Å². The fourth-order valence-corrected chi connectivity index (χ4v) is 2.44. The van der Waals surface area contributed by atoms with E-state index in [4.69, 9.17) is 0 Å². The fraction of sp³-hybridized carbons (Fsp3) is 0.615. The van der Waals surface area contributed by atoms with Crippen LogP contribution < -0.4 is 4.90 Å². The lowest BCUT2D eigenvalue weighted by Gasteiger charge is -2.19. The molecule has 0 saturated carbocycles. The van der Waals surface area contributed by atoms with Crippen molar-refractivity contribution in [3.63, 3.8) is 0 Å². The summed E-state index contributed by atoms with van der Waals surface area (Å²) in [5.41, 5.74) is 2.52. The molecule has 0 amide bonds. The predicted molar refractivity (Wildman–Crippen MR) is 68.3 cm³/mol. The van der Waals surface area contributed by atoms with Crippen molar-refractivity contribution >= 4 is 5.82 Å². The molecule has 1 aliphatic heterocycles. The first-order chi connectivity index (χ1) is 8.71. The van der Waals surface area contributed by atoms with Crippen LogP contribution in [0.3, 0.4) is 0 Å². The molecule has 2 heterocycles. The second kappa shape index (κ2) is 5.32. The van der Waals surface area contributed by atoms with Gasteiger partial charge in [0.1, 0.15) is 11.6 Å². The minimum absolute atomic E-state index is 0.325. The summed E-state index contributed by atoms with van der Waals surface area (Å²) in [5, 5.41) is 27.4. The molecule has 0 radical (unpaired) electrons. The van der Waals surface area contributed by atoms with E-state index in [1.54, 1.807) is 0 Å². The lowest BCUT2D eigenvalue weighted by molar-refractivity contribution is 0.198. The van der Waals surface area contributed by atoms with E-state index in [1.807, 2.05) is 18.7 Å². The molecule has 0 aromatic carbocycles. The van der Waals surface area contributed by atoms with E-state index in [9.17, 15) is 10.4 Å². The molecule has 1 aromatic rings. The van der Waals surface area contributed by atoms with Crippen LogP contribution in [-0.2, 0) is 12.8 Å². The van der Waals surface area contributed by atoms with E-state index in [1.165, 1.54) is 0 Å². The molecule has 1 aromatic heterocycles. The second-order valence-electron chi connectivity index (χ2n) is 4.53. The molecule has 2 rings (SSSR count). The maximum Gasteiger partial charge on any atom is 0.169 e. The third kappa shape index (κ3) is 2.16. The number of hydrogen-bond donors (Lipinski definition) is 1. The van der Waals surface area contributed by atoms with Crippen molar-refractivity contribution in [2.24, 2.45) is 0 Å². The van der Waals surface area contributed by atoms with Crippen molar-refractivity contribution < 1.29 is 5.11 Å². The Kier molecular flexibility index (Phi) is 3.78. The maximum absolute atomic E-state index is 9.58. The number of β-amino-alcohol motifs (C(OH)–C–C–N with tert-alkyl or cyclic N) is 1. The summed E-state index contributed by atoms with van der Waals surface area (Å²) < 4.78 is 0. The second-order valence-corrected chi connectivity index (χ2v) is 4.53. The van der Waals surface area contributed by atoms with Gasteiger partial charge in [0, 0.05) is 13.1 Å². The van der Waals surface area contributed by atoms with Crippen molar-refractivity contribution in [2.45, 2.75) is 39.2 Å². The van der Waals surface area contributed by atoms with Crippen LogP contribution in [0.15, 0.2) is 0 Å². The fourth-order valence-electron chi connectivity index (χ4n) is 2.44. The Morgan fingerprint density at radius 1 is 1.39 bits per heavy atom. The van der Waals surface area contributed by atoms with Crippen molar-refractivity contribution in [2.75, 3.05) is 18.0 Å². The Morgan fingerprint density at radius 2 is 2.17 bits per heavy atom. The molecule has 1 N–H and O–H groups in total. The summed E-state index contributed by atoms with van der Waals surface area (Å²) >= 11 is 0. The summed E-state index contributed by atoms with van der Waals surface area (Å²) in [5.74, 6) is 0.628. The van der Waals surface area contributed by atoms with E-state index in [0.717, 1.165) is 37.1 Å². The number of aryl methyl sites for hydroxylation is 1. The molecule has 5 nitrogen and oxygen atoms in total. The quantitative estimate of drug-likeness (QED) is 0.862. The first-order valence-corrected chi connectivity index (χ1v) is 6.42. The lowest BCUT2D eigenvalue weighted by Crippen LogP contribution is -2.24. The SMILES string of the molecule is CCc1nnc(N2CC[C@@H](O)C2)c(C#N)c1CC. The standard InChI is InChI=1S/C13H18N4O/c1-3-10-11(7-14)13(16-15-12(10)4-2)17-6-5-9(18)8-17/h9,18H,3-6,8H2,1-2H3/t9-/m1/s1. The highest BCUT2D eigenvalue weighted by atomic mass is 16.3. The molecule has 1 fully saturated rings. The number of aliphatic hydroxyl groups excluding tert-OH is 1. The molecule has 1 aliphatic rings. The maximum atomic E-state index is 9.58. The lowest BCUT2D eigenvalue weighted by atomic mass is 10.0. The highest BCUT2D eigenvalue weighted by Gasteiger charge is 2.25. The number of nitriles is 1. The van der Waals surface area contributed by atoms with Crippen molar-refractivity contribution in [3.8, 4) is 6.07 Å². The largest absolute Gasteiger partial charge is 0.391 e. The Bertz CT molecular complexity index is 481. The molecular weight excluding hydrogens is 228 g/mol. The third-order valence-corrected chi connectivity index (χ3v) is 3.40. The van der Waals surface area contributed by atoms with Crippen molar-refractivity contribution in [1.82, 2.24) is 10.2 Å². The van der Waals surface area contributed by atoms with Gasteiger partial charge in [-0.25, -0.2) is 0 Å². The van der Waals surface area contributed by atoms with Crippen LogP contribution in [0.1, 0.15) is 37.1 Å². The smallest absolute Gasteiger partial charge is 0.169 e. The van der Waals surface area contributed by atoms with E-state index in [2.05, 4.69) is 16.3 Å². The van der Waals surface area contributed by atoms with Crippen LogP contribution in [0.25, 0.3) is 0 Å². The molecule has 0 bridgehead atoms. The average Bonchev–Trinajstić information content (AvgIpc) is 2.83. The molecule has 96 valence electrons. The molecule has 18 heavy (non-hydrogen) atoms. The first kappa shape index (κ1) is 12.8. The minimum Gasteiger partial charge on any atom is -0.391 e. The summed E-state index contributed by atoms with van der Waals surface area (Å²) in [4.78, 5) is 1.95. The molecule has 0 aliphatic carbocycles. The summed E-state index contributed by atoms with van der Waals surface area (Å²) in [6, 6.07) is 2.26. The minimum atomic E-state index is -0.325. The van der Waals surface area contributed by atoms with Gasteiger partial charge in [0.25, 0.3) is 0 Å². The molecule has 0 spiro atoms. The van der Waals surface area contributed by atoms with Gasteiger partial charge in [-0.15, -0.1) is 5.10 Å². The first-order valence-electron chi connectivity index (χ1n) is 6.42. The van der Waals surface area contributed by atoms with Gasteiger partial charge >= 0.3 is 0 Å². The van der Waals surface area contributed by atoms with Gasteiger partial charge in [-0.1, -0.05) is 13.8 Å². The van der Waals surface area contributed by atoms with Crippen LogP contribution in [-0.4, -0.2) is 34.5 Å². The van der Waals surface area contributed by atoms with Crippen LogP contribution in [0.2, 0.25) is 0 Å². The third-order valence-electron chi connectivity index (χ3n) is 3.40. The Labute approximate surface area is 107 Å². The topological polar surface area (TPSA) is 73.0 Å². The number of aromatic nitrogens is 2. The van der Waals surface area contributed by atoms with E-state index < -0.39 is 0 Å². The number of nitrogens with zero attached hydrogens (tertiary/aromatic N) is 4. The number of aliphatic hydroxyl groups is 1. The summed E-state index contributed by atoms with van der Waals surface area (Å²) in [6.45, 7) is 5.32. The average molecular weight is 246 g/mol. The zero-order valence-corrected chi connectivity index (χ0v) is 10.8. The molecule has 0 unspecified atom stereocenters. The number of hydrogen-bond acceptors (Lipinski definition) is 5. The van der Waals surface area contributed by atoms with Gasteiger partial charge in [-0.2, -0.15) is 10.4 Å². The number of anilines is 1. The Hall–Kier alpha value is -1.67. The van der Waals surface area contributed by atoms with E-state index in [0.29, 0.717) is 17.9 Å². The van der Waals surface area contributed by atoms with Crippen LogP contribution >= 0.6 is 0 Å². The van der Waals surface area contributed by atoms with Gasteiger partial charge in [0.15, 0.2) is 5.82 Å². The highest BCUT2D eigenvalue weighted by molar-refractivity contribution is 5.58. The van der Waals surface area contributed by atoms with Gasteiger partial charge in [0.05, 0.1) is 11.8 Å². The van der Waals surface area contributed by atoms with Gasteiger partial charge < -0.3 is 10.0 Å². The van der Waals surface area contributed by atoms with Crippen LogP contribution in [0.4, 0.5) is 5.82 Å². The highest BCUT2D eigenvalue weighted by Crippen LogP contribution is 2.26. The Balaban J connectivity index is 2.45. The van der Waals surface area contributed by atoms with E-state index >= 15 is 0 Å². The molecule has 5 heteroatoms. The Morgan fingerprint density at radius 3 is 2.67 bits per heavy atom. The van der Waals surface area contributed by atoms with Crippen LogP contribution in [0, 0.1) is 11.3 Å². The van der Waals surface area contributed by atoms with Gasteiger partial charge in [0.2, 0.25) is 0 Å². The summed E-state index contributed by atoms with van der Waals surface area (Å²) in [6.07, 6.45) is 1.97. The predicted octanol–water partition coefficient (Wildman–Crippen LogP) is 1.04. The molecular formula is C13H18N4O. The number of rotatable bonds is 3. The van der Waals surface area contributed by atoms with Gasteiger partial charge in [-0.05, 0) is 24.8 Å². The van der Waals surface area contributed by atoms with Crippen molar-refractivity contribution in [1.29, 1.82) is 5.26 Å². The molecule has 1 saturated heterocycles. The van der Waals surface area contributed by atoms with Crippen LogP contribution in [0.5, 0.6) is 0 Å². The summed E-state index contributed by atoms with van der Waals surface area (Å²) in [7, 11) is 0. The van der Waals surface area contributed by atoms with Crippen molar-refractivity contribution in [3.05, 3.63) is 16.8 Å². The van der Waals surface area contributed by atoms with Gasteiger partial charge in [-0.3, -0.25) is 0 Å². The normalized spacial score (nSPS) is 19.0.